The summed E-state index contributed by atoms with van der Waals surface area (Å²) in [5.74, 6) is 0. The Labute approximate surface area is 102 Å². The van der Waals surface area contributed by atoms with Crippen molar-refractivity contribution >= 4 is 16.5 Å². The zero-order chi connectivity index (χ0) is 12.1. The van der Waals surface area contributed by atoms with E-state index in [9.17, 15) is 0 Å². The van der Waals surface area contributed by atoms with Crippen LogP contribution < -0.4 is 5.32 Å². The van der Waals surface area contributed by atoms with Crippen LogP contribution in [0.5, 0.6) is 0 Å². The Hall–Kier alpha value is -1.61. The first-order valence-electron chi connectivity index (χ1n) is 5.98. The molecule has 1 heterocycles. The molecule has 3 heteroatoms. The predicted octanol–water partition coefficient (Wildman–Crippen LogP) is 3.07. The molecule has 0 bridgehead atoms. The van der Waals surface area contributed by atoms with Crippen molar-refractivity contribution in [1.29, 1.82) is 0 Å². The topological polar surface area (TPSA) is 34.1 Å². The number of nitrogens with zero attached hydrogens (tertiary/aromatic N) is 1. The quantitative estimate of drug-likeness (QED) is 0.857. The van der Waals surface area contributed by atoms with Crippen molar-refractivity contribution < 1.29 is 4.74 Å². The van der Waals surface area contributed by atoms with Gasteiger partial charge in [-0.05, 0) is 26.0 Å². The molecule has 0 aliphatic rings. The highest BCUT2D eigenvalue weighted by atomic mass is 16.5. The smallest absolute Gasteiger partial charge is 0.0664 e. The normalized spacial score (nSPS) is 12.6. The monoisotopic (exact) mass is 230 g/mol. The molecule has 0 saturated carbocycles. The van der Waals surface area contributed by atoms with Crippen LogP contribution in [0.3, 0.4) is 0 Å². The summed E-state index contributed by atoms with van der Waals surface area (Å²) in [7, 11) is 0. The molecule has 2 aromatic rings. The third-order valence-corrected chi connectivity index (χ3v) is 2.65. The lowest BCUT2D eigenvalue weighted by atomic mass is 10.1. The lowest BCUT2D eigenvalue weighted by molar-refractivity contribution is 0.141. The van der Waals surface area contributed by atoms with Gasteiger partial charge in [0.15, 0.2) is 0 Å². The molecule has 1 aromatic carbocycles. The van der Waals surface area contributed by atoms with Crippen molar-refractivity contribution in [3.63, 3.8) is 0 Å². The number of hydrogen-bond donors (Lipinski definition) is 1. The summed E-state index contributed by atoms with van der Waals surface area (Å²) in [5, 5.41) is 5.82. The van der Waals surface area contributed by atoms with Crippen molar-refractivity contribution in [3.8, 4) is 0 Å². The maximum atomic E-state index is 5.40. The predicted molar refractivity (Wildman–Crippen MR) is 71.3 cm³/mol. The van der Waals surface area contributed by atoms with Gasteiger partial charge in [0.2, 0.25) is 0 Å². The maximum absolute atomic E-state index is 5.40. The first-order valence-corrected chi connectivity index (χ1v) is 5.98. The van der Waals surface area contributed by atoms with Gasteiger partial charge in [0.1, 0.15) is 0 Å². The second kappa shape index (κ2) is 5.64. The van der Waals surface area contributed by atoms with Crippen LogP contribution in [0.1, 0.15) is 13.8 Å². The van der Waals surface area contributed by atoms with E-state index in [0.29, 0.717) is 6.04 Å². The number of rotatable bonds is 5. The largest absolute Gasteiger partial charge is 0.380 e. The summed E-state index contributed by atoms with van der Waals surface area (Å²) in [6, 6.07) is 8.53. The van der Waals surface area contributed by atoms with Crippen LogP contribution in [0.25, 0.3) is 10.8 Å². The molecule has 0 fully saturated rings. The number of anilines is 1. The Balaban J connectivity index is 2.18. The van der Waals surface area contributed by atoms with Gasteiger partial charge in [0.25, 0.3) is 0 Å². The summed E-state index contributed by atoms with van der Waals surface area (Å²) in [5.41, 5.74) is 1.14. The second-order valence-corrected chi connectivity index (χ2v) is 4.11. The molecule has 0 spiro atoms. The van der Waals surface area contributed by atoms with Crippen molar-refractivity contribution in [2.75, 3.05) is 18.5 Å². The maximum Gasteiger partial charge on any atom is 0.0664 e. The van der Waals surface area contributed by atoms with E-state index >= 15 is 0 Å². The molecular formula is C14H18N2O. The summed E-state index contributed by atoms with van der Waals surface area (Å²) < 4.78 is 5.40. The van der Waals surface area contributed by atoms with E-state index in [1.54, 1.807) is 0 Å². The van der Waals surface area contributed by atoms with Gasteiger partial charge in [-0.1, -0.05) is 12.1 Å². The van der Waals surface area contributed by atoms with Crippen molar-refractivity contribution in [2.45, 2.75) is 19.9 Å². The van der Waals surface area contributed by atoms with Crippen LogP contribution in [0.15, 0.2) is 36.7 Å². The van der Waals surface area contributed by atoms with E-state index in [2.05, 4.69) is 29.4 Å². The van der Waals surface area contributed by atoms with Gasteiger partial charge < -0.3 is 10.1 Å². The number of aromatic nitrogens is 1. The Kier molecular flexibility index (Phi) is 3.94. The molecule has 1 aromatic heterocycles. The molecule has 0 aliphatic heterocycles. The average Bonchev–Trinajstić information content (AvgIpc) is 2.37. The Morgan fingerprint density at radius 2 is 2.24 bits per heavy atom. The fourth-order valence-electron chi connectivity index (χ4n) is 1.85. The molecule has 2 rings (SSSR count). The Morgan fingerprint density at radius 1 is 1.35 bits per heavy atom. The highest BCUT2D eigenvalue weighted by molar-refractivity contribution is 5.93. The molecule has 90 valence electrons. The minimum absolute atomic E-state index is 0.300. The zero-order valence-corrected chi connectivity index (χ0v) is 10.3. The number of ether oxygens (including phenoxy) is 1. The van der Waals surface area contributed by atoms with Gasteiger partial charge in [-0.3, -0.25) is 4.98 Å². The van der Waals surface area contributed by atoms with Gasteiger partial charge in [-0.15, -0.1) is 0 Å². The molecule has 1 N–H and O–H groups in total. The van der Waals surface area contributed by atoms with E-state index in [1.165, 1.54) is 5.39 Å². The molecule has 1 unspecified atom stereocenters. The van der Waals surface area contributed by atoms with Crippen molar-refractivity contribution in [2.24, 2.45) is 0 Å². The average molecular weight is 230 g/mol. The summed E-state index contributed by atoms with van der Waals surface area (Å²) >= 11 is 0. The molecule has 17 heavy (non-hydrogen) atoms. The fourth-order valence-corrected chi connectivity index (χ4v) is 1.85. The first-order chi connectivity index (χ1) is 8.31. The second-order valence-electron chi connectivity index (χ2n) is 4.11. The van der Waals surface area contributed by atoms with E-state index < -0.39 is 0 Å². The van der Waals surface area contributed by atoms with E-state index in [4.69, 9.17) is 4.74 Å². The molecule has 0 amide bonds. The van der Waals surface area contributed by atoms with Crippen molar-refractivity contribution in [3.05, 3.63) is 36.7 Å². The van der Waals surface area contributed by atoms with Crippen LogP contribution in [0, 0.1) is 0 Å². The molecular weight excluding hydrogens is 212 g/mol. The molecule has 0 aliphatic carbocycles. The number of nitrogens with one attached hydrogen (secondary N) is 1. The highest BCUT2D eigenvalue weighted by Gasteiger charge is 2.04. The summed E-state index contributed by atoms with van der Waals surface area (Å²) in [6.45, 7) is 5.61. The first kappa shape index (κ1) is 11.9. The standard InChI is InChI=1S/C14H18N2O/c1-3-17-10-11(2)16-14-6-4-5-12-9-15-8-7-13(12)14/h4-9,11,16H,3,10H2,1-2H3. The molecule has 0 saturated heterocycles. The number of benzene rings is 1. The van der Waals surface area contributed by atoms with E-state index in [0.717, 1.165) is 24.3 Å². The SMILES string of the molecule is CCOCC(C)Nc1cccc2cnccc12. The zero-order valence-electron chi connectivity index (χ0n) is 10.3. The van der Waals surface area contributed by atoms with Gasteiger partial charge in [-0.2, -0.15) is 0 Å². The van der Waals surface area contributed by atoms with Crippen LogP contribution >= 0.6 is 0 Å². The number of pyridine rings is 1. The third kappa shape index (κ3) is 2.94. The lowest BCUT2D eigenvalue weighted by Crippen LogP contribution is -2.21. The number of hydrogen-bond acceptors (Lipinski definition) is 3. The molecule has 0 radical (unpaired) electrons. The molecule has 3 nitrogen and oxygen atoms in total. The van der Waals surface area contributed by atoms with Gasteiger partial charge in [-0.25, -0.2) is 0 Å². The minimum atomic E-state index is 0.300. The summed E-state index contributed by atoms with van der Waals surface area (Å²) in [6.07, 6.45) is 3.70. The van der Waals surface area contributed by atoms with Crippen LogP contribution in [-0.2, 0) is 4.74 Å². The summed E-state index contributed by atoms with van der Waals surface area (Å²) in [4.78, 5) is 4.13. The molecule has 1 atom stereocenters. The van der Waals surface area contributed by atoms with Crippen LogP contribution in [0.2, 0.25) is 0 Å². The van der Waals surface area contributed by atoms with E-state index in [-0.39, 0.29) is 0 Å². The number of fused-ring (bicyclic) bond motifs is 1. The van der Waals surface area contributed by atoms with Crippen LogP contribution in [-0.4, -0.2) is 24.2 Å². The van der Waals surface area contributed by atoms with Gasteiger partial charge >= 0.3 is 0 Å². The van der Waals surface area contributed by atoms with Gasteiger partial charge in [0.05, 0.1) is 6.61 Å². The van der Waals surface area contributed by atoms with Gasteiger partial charge in [0, 0.05) is 41.5 Å². The van der Waals surface area contributed by atoms with E-state index in [1.807, 2.05) is 31.5 Å². The lowest BCUT2D eigenvalue weighted by Gasteiger charge is -2.16. The minimum Gasteiger partial charge on any atom is -0.380 e. The third-order valence-electron chi connectivity index (χ3n) is 2.65. The van der Waals surface area contributed by atoms with Crippen molar-refractivity contribution in [1.82, 2.24) is 4.98 Å². The Morgan fingerprint density at radius 3 is 3.06 bits per heavy atom. The van der Waals surface area contributed by atoms with Crippen LogP contribution in [0.4, 0.5) is 5.69 Å². The Bertz CT molecular complexity index is 479. The fraction of sp³-hybridized carbons (Fsp3) is 0.357. The highest BCUT2D eigenvalue weighted by Crippen LogP contribution is 2.22.